The van der Waals surface area contributed by atoms with E-state index in [0.29, 0.717) is 12.5 Å². The van der Waals surface area contributed by atoms with E-state index in [-0.39, 0.29) is 18.5 Å². The van der Waals surface area contributed by atoms with Gasteiger partial charge in [-0.15, -0.1) is 11.3 Å². The quantitative estimate of drug-likeness (QED) is 0.580. The number of hydrogen-bond donors (Lipinski definition) is 2. The normalized spacial score (nSPS) is 12.5. The largest absolute Gasteiger partial charge is 0.354 e. The summed E-state index contributed by atoms with van der Waals surface area (Å²) in [4.78, 5) is 20.8. The minimum absolute atomic E-state index is 0.0146. The van der Waals surface area contributed by atoms with Gasteiger partial charge >= 0.3 is 0 Å². The van der Waals surface area contributed by atoms with Gasteiger partial charge in [0.15, 0.2) is 5.96 Å². The molecule has 0 fully saturated rings. The van der Waals surface area contributed by atoms with Crippen LogP contribution in [0.25, 0.3) is 0 Å². The predicted molar refractivity (Wildman–Crippen MR) is 110 cm³/mol. The van der Waals surface area contributed by atoms with Gasteiger partial charge in [0.1, 0.15) is 0 Å². The maximum atomic E-state index is 11.9. The molecule has 0 aliphatic carbocycles. The van der Waals surface area contributed by atoms with Gasteiger partial charge in [-0.1, -0.05) is 30.3 Å². The van der Waals surface area contributed by atoms with E-state index in [1.54, 1.807) is 19.0 Å². The molecule has 0 bridgehead atoms. The number of hydrogen-bond acceptors (Lipinski definition) is 3. The fourth-order valence-electron chi connectivity index (χ4n) is 2.40. The average molecular weight is 373 g/mol. The van der Waals surface area contributed by atoms with Crippen molar-refractivity contribution in [2.24, 2.45) is 4.99 Å². The third-order valence-corrected chi connectivity index (χ3v) is 4.88. The molecule has 1 atom stereocenters. The number of nitrogens with one attached hydrogen (secondary N) is 2. The molecule has 0 saturated heterocycles. The minimum atomic E-state index is 0.0146. The van der Waals surface area contributed by atoms with Gasteiger partial charge in [0.2, 0.25) is 5.91 Å². The van der Waals surface area contributed by atoms with Crippen LogP contribution < -0.4 is 10.6 Å². The molecule has 0 aliphatic heterocycles. The first-order chi connectivity index (χ1) is 12.4. The fourth-order valence-corrected chi connectivity index (χ4v) is 3.42. The molecule has 1 unspecified atom stereocenters. The highest BCUT2D eigenvalue weighted by molar-refractivity contribution is 7.11. The highest BCUT2D eigenvalue weighted by Crippen LogP contribution is 2.16. The van der Waals surface area contributed by atoms with Crippen molar-refractivity contribution >= 4 is 23.2 Å². The summed E-state index contributed by atoms with van der Waals surface area (Å²) in [6.45, 7) is 5.03. The molecule has 0 saturated carbocycles. The second-order valence-corrected chi connectivity index (χ2v) is 7.93. The van der Waals surface area contributed by atoms with Gasteiger partial charge in [-0.05, 0) is 31.5 Å². The number of benzene rings is 1. The smallest absolute Gasteiger partial charge is 0.241 e. The Bertz CT molecular complexity index is 724. The molecule has 6 heteroatoms. The van der Waals surface area contributed by atoms with Crippen molar-refractivity contribution in [2.45, 2.75) is 32.9 Å². The third-order valence-electron chi connectivity index (χ3n) is 3.85. The van der Waals surface area contributed by atoms with E-state index in [2.05, 4.69) is 41.6 Å². The van der Waals surface area contributed by atoms with E-state index in [4.69, 9.17) is 0 Å². The Morgan fingerprint density at radius 3 is 2.54 bits per heavy atom. The van der Waals surface area contributed by atoms with Gasteiger partial charge < -0.3 is 15.5 Å². The van der Waals surface area contributed by atoms with Crippen LogP contribution in [0.5, 0.6) is 0 Å². The summed E-state index contributed by atoms with van der Waals surface area (Å²) in [7, 11) is 3.50. The zero-order valence-corrected chi connectivity index (χ0v) is 16.8. The van der Waals surface area contributed by atoms with E-state index in [0.717, 1.165) is 12.0 Å². The summed E-state index contributed by atoms with van der Waals surface area (Å²) >= 11 is 1.81. The maximum absolute atomic E-state index is 11.9. The average Bonchev–Trinajstić information content (AvgIpc) is 3.02. The lowest BCUT2D eigenvalue weighted by Gasteiger charge is -2.19. The third kappa shape index (κ3) is 6.88. The molecule has 0 radical (unpaired) electrons. The number of nitrogens with zero attached hydrogens (tertiary/aromatic N) is 2. The zero-order valence-electron chi connectivity index (χ0n) is 16.0. The lowest BCUT2D eigenvalue weighted by atomic mass is 10.2. The van der Waals surface area contributed by atoms with Gasteiger partial charge in [-0.25, -0.2) is 4.99 Å². The minimum Gasteiger partial charge on any atom is -0.354 e. The van der Waals surface area contributed by atoms with Gasteiger partial charge in [0, 0.05) is 36.3 Å². The lowest BCUT2D eigenvalue weighted by molar-refractivity contribution is -0.127. The second-order valence-electron chi connectivity index (χ2n) is 6.55. The predicted octanol–water partition coefficient (Wildman–Crippen LogP) is 2.81. The Morgan fingerprint density at radius 2 is 1.92 bits per heavy atom. The Labute approximate surface area is 160 Å². The Morgan fingerprint density at radius 1 is 1.19 bits per heavy atom. The number of carbonyl (C=O) groups excluding carboxylic acids is 1. The molecule has 1 aromatic carbocycles. The first kappa shape index (κ1) is 20.0. The Hall–Kier alpha value is -2.34. The maximum Gasteiger partial charge on any atom is 0.241 e. The Kier molecular flexibility index (Phi) is 7.66. The van der Waals surface area contributed by atoms with Crippen LogP contribution in [0.4, 0.5) is 0 Å². The van der Waals surface area contributed by atoms with Crippen LogP contribution >= 0.6 is 11.3 Å². The number of aryl methyl sites for hydroxylation is 1. The first-order valence-corrected chi connectivity index (χ1v) is 9.60. The number of amides is 1. The van der Waals surface area contributed by atoms with Crippen molar-refractivity contribution in [3.63, 3.8) is 0 Å². The summed E-state index contributed by atoms with van der Waals surface area (Å²) in [6.07, 6.45) is 0.923. The number of rotatable bonds is 7. The topological polar surface area (TPSA) is 56.7 Å². The summed E-state index contributed by atoms with van der Waals surface area (Å²) in [5.74, 6) is 0.672. The van der Waals surface area contributed by atoms with Crippen molar-refractivity contribution in [1.82, 2.24) is 15.5 Å². The summed E-state index contributed by atoms with van der Waals surface area (Å²) in [5.41, 5.74) is 1.13. The molecule has 1 amide bonds. The van der Waals surface area contributed by atoms with Gasteiger partial charge in [-0.2, -0.15) is 0 Å². The van der Waals surface area contributed by atoms with Gasteiger partial charge in [-0.3, -0.25) is 4.79 Å². The molecule has 1 heterocycles. The molecule has 2 aromatic rings. The molecule has 2 N–H and O–H groups in total. The highest BCUT2D eigenvalue weighted by atomic mass is 32.1. The molecular formula is C20H28N4OS. The van der Waals surface area contributed by atoms with E-state index in [1.165, 1.54) is 9.75 Å². The van der Waals surface area contributed by atoms with Crippen molar-refractivity contribution in [3.8, 4) is 0 Å². The molecular weight excluding hydrogens is 344 g/mol. The molecule has 0 aliphatic rings. The van der Waals surface area contributed by atoms with Crippen LogP contribution in [0.1, 0.15) is 22.2 Å². The number of thiophene rings is 1. The van der Waals surface area contributed by atoms with Crippen molar-refractivity contribution in [1.29, 1.82) is 0 Å². The van der Waals surface area contributed by atoms with E-state index in [9.17, 15) is 4.79 Å². The summed E-state index contributed by atoms with van der Waals surface area (Å²) in [5, 5.41) is 6.56. The molecule has 5 nitrogen and oxygen atoms in total. The number of guanidine groups is 1. The first-order valence-electron chi connectivity index (χ1n) is 8.78. The molecule has 0 spiro atoms. The summed E-state index contributed by atoms with van der Waals surface area (Å²) < 4.78 is 0. The second kappa shape index (κ2) is 9.97. The van der Waals surface area contributed by atoms with E-state index < -0.39 is 0 Å². The molecule has 1 aromatic heterocycles. The Balaban J connectivity index is 1.99. The fraction of sp³-hybridized carbons (Fsp3) is 0.400. The molecule has 26 heavy (non-hydrogen) atoms. The van der Waals surface area contributed by atoms with Crippen LogP contribution in [0.2, 0.25) is 0 Å². The van der Waals surface area contributed by atoms with Gasteiger partial charge in [0.05, 0.1) is 13.1 Å². The summed E-state index contributed by atoms with van der Waals surface area (Å²) in [6, 6.07) is 14.6. The van der Waals surface area contributed by atoms with Crippen LogP contribution in [0.15, 0.2) is 47.5 Å². The SMILES string of the molecule is Cc1ccc(CC(C)NC(=NCc2ccccc2)NCC(=O)N(C)C)s1. The van der Waals surface area contributed by atoms with Crippen LogP contribution in [0.3, 0.4) is 0 Å². The van der Waals surface area contributed by atoms with Crippen LogP contribution in [-0.2, 0) is 17.8 Å². The monoisotopic (exact) mass is 372 g/mol. The number of aliphatic imine (C=N–C) groups is 1. The van der Waals surface area contributed by atoms with Crippen molar-refractivity contribution < 1.29 is 4.79 Å². The van der Waals surface area contributed by atoms with Crippen LogP contribution in [-0.4, -0.2) is 43.4 Å². The van der Waals surface area contributed by atoms with Crippen LogP contribution in [0, 0.1) is 6.92 Å². The highest BCUT2D eigenvalue weighted by Gasteiger charge is 2.10. The molecule has 140 valence electrons. The van der Waals surface area contributed by atoms with Gasteiger partial charge in [0.25, 0.3) is 0 Å². The number of likely N-dealkylation sites (N-methyl/N-ethyl adjacent to an activating group) is 1. The van der Waals surface area contributed by atoms with Crippen molar-refractivity contribution in [3.05, 3.63) is 57.8 Å². The molecule has 2 rings (SSSR count). The lowest BCUT2D eigenvalue weighted by Crippen LogP contribution is -2.46. The van der Waals surface area contributed by atoms with Crippen molar-refractivity contribution in [2.75, 3.05) is 20.6 Å². The van der Waals surface area contributed by atoms with E-state index >= 15 is 0 Å². The number of carbonyl (C=O) groups is 1. The standard InChI is InChI=1S/C20H28N4OS/c1-15(12-18-11-10-16(2)26-18)23-20(22-14-19(25)24(3)4)21-13-17-8-6-5-7-9-17/h5-11,15H,12-14H2,1-4H3,(H2,21,22,23). The van der Waals surface area contributed by atoms with E-state index in [1.807, 2.05) is 41.7 Å². The zero-order chi connectivity index (χ0) is 18.9.